The molecule has 0 aliphatic carbocycles. The summed E-state index contributed by atoms with van der Waals surface area (Å²) in [4.78, 5) is 3.35. The molecule has 0 aliphatic heterocycles. The van der Waals surface area contributed by atoms with E-state index in [2.05, 4.69) is 22.2 Å². The molecule has 0 amide bonds. The lowest BCUT2D eigenvalue weighted by Crippen LogP contribution is -1.88. The highest BCUT2D eigenvalue weighted by Gasteiger charge is 2.14. The molecule has 0 bridgehead atoms. The molecule has 4 heteroatoms. The molecule has 4 aromatic rings. The second-order valence-corrected chi connectivity index (χ2v) is 4.96. The molecular weight excluding hydrogens is 260 g/mol. The molecule has 2 heterocycles. The van der Waals surface area contributed by atoms with Gasteiger partial charge in [0.1, 0.15) is 11.4 Å². The van der Waals surface area contributed by atoms with E-state index in [9.17, 15) is 0 Å². The van der Waals surface area contributed by atoms with Crippen LogP contribution < -0.4 is 5.73 Å². The monoisotopic (exact) mass is 274 g/mol. The summed E-state index contributed by atoms with van der Waals surface area (Å²) in [6.07, 6.45) is 1.97. The van der Waals surface area contributed by atoms with Gasteiger partial charge in [-0.1, -0.05) is 60.7 Å². The minimum absolute atomic E-state index is 0.670. The summed E-state index contributed by atoms with van der Waals surface area (Å²) >= 11 is 0. The third kappa shape index (κ3) is 1.89. The fraction of sp³-hybridized carbons (Fsp3) is 0. The van der Waals surface area contributed by atoms with Gasteiger partial charge in [0, 0.05) is 5.56 Å². The summed E-state index contributed by atoms with van der Waals surface area (Å²) in [7, 11) is 0. The summed E-state index contributed by atoms with van der Waals surface area (Å²) in [5.41, 5.74) is 11.7. The number of nitrogen functional groups attached to an aromatic ring is 1. The fourth-order valence-corrected chi connectivity index (χ4v) is 2.52. The smallest absolute Gasteiger partial charge is 0.157 e. The van der Waals surface area contributed by atoms with Crippen molar-refractivity contribution >= 4 is 11.3 Å². The first-order valence-corrected chi connectivity index (χ1v) is 6.80. The van der Waals surface area contributed by atoms with Gasteiger partial charge in [0.2, 0.25) is 0 Å². The van der Waals surface area contributed by atoms with Crippen molar-refractivity contribution in [3.05, 3.63) is 66.9 Å². The third-order valence-corrected chi connectivity index (χ3v) is 3.58. The molecule has 0 saturated heterocycles. The average Bonchev–Trinajstić information content (AvgIpc) is 3.09. The minimum Gasteiger partial charge on any atom is -0.394 e. The maximum atomic E-state index is 6.25. The Morgan fingerprint density at radius 3 is 2.10 bits per heavy atom. The highest BCUT2D eigenvalue weighted by molar-refractivity contribution is 5.84. The van der Waals surface area contributed by atoms with Crippen LogP contribution in [0.1, 0.15) is 0 Å². The van der Waals surface area contributed by atoms with Crippen molar-refractivity contribution in [2.75, 3.05) is 5.73 Å². The zero-order valence-corrected chi connectivity index (χ0v) is 11.3. The highest BCUT2D eigenvalue weighted by atomic mass is 15.3. The second-order valence-electron chi connectivity index (χ2n) is 4.96. The molecule has 21 heavy (non-hydrogen) atoms. The van der Waals surface area contributed by atoms with Crippen molar-refractivity contribution in [1.29, 1.82) is 0 Å². The van der Waals surface area contributed by atoms with Crippen molar-refractivity contribution in [3.8, 4) is 22.5 Å². The molecule has 0 spiro atoms. The molecule has 2 aromatic carbocycles. The summed E-state index contributed by atoms with van der Waals surface area (Å²) in [5, 5.41) is 4.59. The number of hydrogen-bond donors (Lipinski definition) is 2. The summed E-state index contributed by atoms with van der Waals surface area (Å²) < 4.78 is 1.81. The van der Waals surface area contributed by atoms with Gasteiger partial charge in [-0.05, 0) is 5.56 Å². The Hall–Kier alpha value is -3.01. The van der Waals surface area contributed by atoms with Gasteiger partial charge in [-0.15, -0.1) is 0 Å². The van der Waals surface area contributed by atoms with Crippen molar-refractivity contribution in [1.82, 2.24) is 14.6 Å². The molecule has 0 atom stereocenters. The van der Waals surface area contributed by atoms with Crippen molar-refractivity contribution in [2.45, 2.75) is 0 Å². The Bertz CT molecular complexity index is 889. The van der Waals surface area contributed by atoms with E-state index < -0.39 is 0 Å². The van der Waals surface area contributed by atoms with Crippen LogP contribution in [-0.2, 0) is 0 Å². The number of nitrogens with one attached hydrogen (secondary N) is 1. The number of rotatable bonds is 2. The van der Waals surface area contributed by atoms with E-state index >= 15 is 0 Å². The van der Waals surface area contributed by atoms with Crippen LogP contribution in [0.5, 0.6) is 0 Å². The zero-order valence-electron chi connectivity index (χ0n) is 11.3. The van der Waals surface area contributed by atoms with Crippen LogP contribution in [0, 0.1) is 0 Å². The average molecular weight is 274 g/mol. The highest BCUT2D eigenvalue weighted by Crippen LogP contribution is 2.29. The van der Waals surface area contributed by atoms with Crippen LogP contribution in [0.25, 0.3) is 28.2 Å². The Balaban J connectivity index is 1.85. The number of fused-ring (bicyclic) bond motifs is 1. The molecule has 3 N–H and O–H groups in total. The summed E-state index contributed by atoms with van der Waals surface area (Å²) in [5.74, 6) is 0. The van der Waals surface area contributed by atoms with E-state index in [4.69, 9.17) is 5.73 Å². The van der Waals surface area contributed by atoms with Crippen LogP contribution in [0.4, 0.5) is 5.69 Å². The molecule has 0 saturated carbocycles. The molecule has 0 fully saturated rings. The molecule has 0 unspecified atom stereocenters. The SMILES string of the molecule is Nc1c(-c2ccccc2)nn2cc(-c3ccccc3)[nH]c12. The van der Waals surface area contributed by atoms with Gasteiger partial charge in [-0.2, -0.15) is 5.10 Å². The van der Waals surface area contributed by atoms with Gasteiger partial charge < -0.3 is 10.7 Å². The number of imidazole rings is 1. The molecule has 0 radical (unpaired) electrons. The minimum atomic E-state index is 0.670. The standard InChI is InChI=1S/C17H14N4/c18-15-16(13-9-5-2-6-10-13)20-21-11-14(19-17(15)21)12-7-3-1-4-8-12/h1-11,19H,18H2. The molecule has 2 aromatic heterocycles. The Morgan fingerprint density at radius 1 is 0.857 bits per heavy atom. The Morgan fingerprint density at radius 2 is 1.48 bits per heavy atom. The van der Waals surface area contributed by atoms with Crippen molar-refractivity contribution in [3.63, 3.8) is 0 Å². The van der Waals surface area contributed by atoms with Crippen LogP contribution >= 0.6 is 0 Å². The fourth-order valence-electron chi connectivity index (χ4n) is 2.52. The number of hydrogen-bond acceptors (Lipinski definition) is 2. The number of nitrogens with two attached hydrogens (primary N) is 1. The van der Waals surface area contributed by atoms with Crippen LogP contribution in [0.15, 0.2) is 66.9 Å². The molecule has 4 rings (SSSR count). The number of aromatic amines is 1. The van der Waals surface area contributed by atoms with Gasteiger partial charge in [-0.3, -0.25) is 0 Å². The molecule has 4 nitrogen and oxygen atoms in total. The van der Waals surface area contributed by atoms with E-state index in [0.717, 1.165) is 28.2 Å². The zero-order chi connectivity index (χ0) is 14.2. The maximum Gasteiger partial charge on any atom is 0.157 e. The summed E-state index contributed by atoms with van der Waals surface area (Å²) in [6, 6.07) is 20.1. The van der Waals surface area contributed by atoms with Crippen LogP contribution in [-0.4, -0.2) is 14.6 Å². The largest absolute Gasteiger partial charge is 0.394 e. The lowest BCUT2D eigenvalue weighted by Gasteiger charge is -1.98. The predicted octanol–water partition coefficient (Wildman–Crippen LogP) is 3.58. The second kappa shape index (κ2) is 4.52. The van der Waals surface area contributed by atoms with Crippen molar-refractivity contribution < 1.29 is 0 Å². The van der Waals surface area contributed by atoms with E-state index in [-0.39, 0.29) is 0 Å². The number of aromatic nitrogens is 3. The normalized spacial score (nSPS) is 11.0. The molecule has 102 valence electrons. The van der Waals surface area contributed by atoms with Gasteiger partial charge in [0.25, 0.3) is 0 Å². The van der Waals surface area contributed by atoms with E-state index in [1.54, 1.807) is 4.52 Å². The first-order valence-electron chi connectivity index (χ1n) is 6.80. The number of benzene rings is 2. The first-order chi connectivity index (χ1) is 10.3. The number of nitrogens with zero attached hydrogens (tertiary/aromatic N) is 2. The Kier molecular flexibility index (Phi) is 2.54. The summed E-state index contributed by atoms with van der Waals surface area (Å²) in [6.45, 7) is 0. The third-order valence-electron chi connectivity index (χ3n) is 3.58. The predicted molar refractivity (Wildman–Crippen MR) is 84.8 cm³/mol. The number of anilines is 1. The van der Waals surface area contributed by atoms with Crippen LogP contribution in [0.3, 0.4) is 0 Å². The van der Waals surface area contributed by atoms with Crippen molar-refractivity contribution in [2.24, 2.45) is 0 Å². The maximum absolute atomic E-state index is 6.25. The van der Waals surface area contributed by atoms with Gasteiger partial charge in [-0.25, -0.2) is 4.52 Å². The van der Waals surface area contributed by atoms with Gasteiger partial charge >= 0.3 is 0 Å². The number of H-pyrrole nitrogens is 1. The van der Waals surface area contributed by atoms with Gasteiger partial charge in [0.05, 0.1) is 11.9 Å². The first kappa shape index (κ1) is 11.8. The lowest BCUT2D eigenvalue weighted by atomic mass is 10.1. The topological polar surface area (TPSA) is 59.1 Å². The van der Waals surface area contributed by atoms with Gasteiger partial charge in [0.15, 0.2) is 5.65 Å². The Labute approximate surface area is 121 Å². The molecule has 0 aliphatic rings. The quantitative estimate of drug-likeness (QED) is 0.587. The molecular formula is C17H14N4. The van der Waals surface area contributed by atoms with E-state index in [0.29, 0.717) is 5.69 Å². The van der Waals surface area contributed by atoms with Crippen LogP contribution in [0.2, 0.25) is 0 Å². The van der Waals surface area contributed by atoms with E-state index in [1.807, 2.05) is 54.7 Å². The van der Waals surface area contributed by atoms with E-state index in [1.165, 1.54) is 0 Å². The lowest BCUT2D eigenvalue weighted by molar-refractivity contribution is 0.978.